The summed E-state index contributed by atoms with van der Waals surface area (Å²) >= 11 is 1.14. The summed E-state index contributed by atoms with van der Waals surface area (Å²) in [7, 11) is 0. The highest BCUT2D eigenvalue weighted by Gasteiger charge is 2.10. The van der Waals surface area contributed by atoms with Gasteiger partial charge in [-0.3, -0.25) is 14.6 Å². The third kappa shape index (κ3) is 3.94. The van der Waals surface area contributed by atoms with Gasteiger partial charge in [0.2, 0.25) is 5.91 Å². The monoisotopic (exact) mass is 318 g/mol. The summed E-state index contributed by atoms with van der Waals surface area (Å²) in [6.45, 7) is 7.53. The van der Waals surface area contributed by atoms with E-state index in [-0.39, 0.29) is 17.2 Å². The van der Waals surface area contributed by atoms with E-state index in [9.17, 15) is 9.59 Å². The average molecular weight is 318 g/mol. The quantitative estimate of drug-likeness (QED) is 0.843. The van der Waals surface area contributed by atoms with Gasteiger partial charge in [0.15, 0.2) is 5.16 Å². The van der Waals surface area contributed by atoms with E-state index in [0.717, 1.165) is 34.1 Å². The van der Waals surface area contributed by atoms with Gasteiger partial charge < -0.3 is 5.32 Å². The second kappa shape index (κ2) is 6.74. The molecule has 0 fully saturated rings. The first-order chi connectivity index (χ1) is 10.4. The molecule has 0 aliphatic heterocycles. The summed E-state index contributed by atoms with van der Waals surface area (Å²) in [6.07, 6.45) is 0. The Labute approximate surface area is 132 Å². The van der Waals surface area contributed by atoms with Crippen molar-refractivity contribution in [2.45, 2.75) is 32.9 Å². The molecule has 1 aromatic heterocycles. The third-order valence-electron chi connectivity index (χ3n) is 3.12. The van der Waals surface area contributed by atoms with Crippen molar-refractivity contribution in [2.75, 3.05) is 11.1 Å². The molecule has 7 heteroatoms. The molecule has 2 rings (SSSR count). The van der Waals surface area contributed by atoms with Gasteiger partial charge in [-0.2, -0.15) is 0 Å². The lowest BCUT2D eigenvalue weighted by molar-refractivity contribution is -0.113. The van der Waals surface area contributed by atoms with Crippen LogP contribution in [0.4, 0.5) is 5.69 Å². The minimum Gasteiger partial charge on any atom is -0.325 e. The highest BCUT2D eigenvalue weighted by atomic mass is 32.2. The summed E-state index contributed by atoms with van der Waals surface area (Å²) in [5.41, 5.74) is 4.07. The number of H-pyrrole nitrogens is 1. The molecule has 22 heavy (non-hydrogen) atoms. The van der Waals surface area contributed by atoms with Crippen LogP contribution < -0.4 is 10.9 Å². The molecular weight excluding hydrogens is 300 g/mol. The number of carbonyl (C=O) groups is 1. The van der Waals surface area contributed by atoms with E-state index < -0.39 is 0 Å². The van der Waals surface area contributed by atoms with Crippen molar-refractivity contribution in [3.8, 4) is 0 Å². The number of nitrogens with zero attached hydrogens (tertiary/aromatic N) is 2. The van der Waals surface area contributed by atoms with Gasteiger partial charge in [-0.15, -0.1) is 10.2 Å². The van der Waals surface area contributed by atoms with Crippen LogP contribution >= 0.6 is 11.8 Å². The number of hydrogen-bond acceptors (Lipinski definition) is 5. The fourth-order valence-corrected chi connectivity index (χ4v) is 2.73. The van der Waals surface area contributed by atoms with Crippen LogP contribution in [0.15, 0.2) is 22.1 Å². The molecule has 1 amide bonds. The number of benzene rings is 1. The maximum Gasteiger partial charge on any atom is 0.273 e. The van der Waals surface area contributed by atoms with E-state index in [1.165, 1.54) is 0 Å². The van der Waals surface area contributed by atoms with Gasteiger partial charge in [-0.05, 0) is 38.8 Å². The van der Waals surface area contributed by atoms with Gasteiger partial charge in [0.05, 0.1) is 5.75 Å². The van der Waals surface area contributed by atoms with Crippen LogP contribution in [0, 0.1) is 27.7 Å². The molecule has 0 unspecified atom stereocenters. The largest absolute Gasteiger partial charge is 0.325 e. The second-order valence-electron chi connectivity index (χ2n) is 5.16. The fourth-order valence-electron chi connectivity index (χ4n) is 2.13. The predicted octanol–water partition coefficient (Wildman–Crippen LogP) is 2.13. The number of thioether (sulfide) groups is 1. The smallest absolute Gasteiger partial charge is 0.273 e. The van der Waals surface area contributed by atoms with E-state index in [1.807, 2.05) is 32.9 Å². The zero-order chi connectivity index (χ0) is 16.3. The first-order valence-electron chi connectivity index (χ1n) is 6.81. The number of hydrogen-bond donors (Lipinski definition) is 2. The number of aromatic amines is 1. The maximum absolute atomic E-state index is 12.1. The molecule has 0 aliphatic rings. The number of amides is 1. The molecule has 1 heterocycles. The van der Waals surface area contributed by atoms with Crippen molar-refractivity contribution in [2.24, 2.45) is 0 Å². The Morgan fingerprint density at radius 2 is 1.82 bits per heavy atom. The number of aromatic nitrogens is 3. The standard InChI is InChI=1S/C15H18N4O2S/c1-8-5-9(2)13(10(3)6-8)16-12(20)7-22-15-17-14(21)11(4)18-19-15/h5-6H,7H2,1-4H3,(H,16,20)(H,17,19,21). The van der Waals surface area contributed by atoms with Gasteiger partial charge in [0, 0.05) is 5.69 Å². The van der Waals surface area contributed by atoms with Crippen molar-refractivity contribution >= 4 is 23.4 Å². The summed E-state index contributed by atoms with van der Waals surface area (Å²) in [4.78, 5) is 26.1. The van der Waals surface area contributed by atoms with E-state index in [4.69, 9.17) is 0 Å². The van der Waals surface area contributed by atoms with Crippen molar-refractivity contribution in [3.63, 3.8) is 0 Å². The lowest BCUT2D eigenvalue weighted by Gasteiger charge is -2.12. The highest BCUT2D eigenvalue weighted by Crippen LogP contribution is 2.22. The van der Waals surface area contributed by atoms with Gasteiger partial charge >= 0.3 is 0 Å². The predicted molar refractivity (Wildman–Crippen MR) is 87.4 cm³/mol. The number of nitrogens with one attached hydrogen (secondary N) is 2. The summed E-state index contributed by atoms with van der Waals surface area (Å²) in [5.74, 6) is 0.00347. The van der Waals surface area contributed by atoms with Crippen LogP contribution in [0.25, 0.3) is 0 Å². The van der Waals surface area contributed by atoms with Crippen molar-refractivity contribution in [3.05, 3.63) is 44.9 Å². The molecule has 0 saturated carbocycles. The summed E-state index contributed by atoms with van der Waals surface area (Å²) in [5, 5.41) is 10.8. The highest BCUT2D eigenvalue weighted by molar-refractivity contribution is 7.99. The van der Waals surface area contributed by atoms with Gasteiger partial charge in [0.25, 0.3) is 5.56 Å². The van der Waals surface area contributed by atoms with Crippen molar-refractivity contribution in [1.29, 1.82) is 0 Å². The fraction of sp³-hybridized carbons (Fsp3) is 0.333. The van der Waals surface area contributed by atoms with Gasteiger partial charge in [-0.1, -0.05) is 29.5 Å². The summed E-state index contributed by atoms with van der Waals surface area (Å²) < 4.78 is 0. The third-order valence-corrected chi connectivity index (χ3v) is 3.99. The SMILES string of the molecule is Cc1cc(C)c(NC(=O)CSc2nnc(C)c(=O)[nH]2)c(C)c1. The molecule has 2 aromatic rings. The molecule has 0 aliphatic carbocycles. The Hall–Kier alpha value is -2.15. The topological polar surface area (TPSA) is 87.7 Å². The first-order valence-corrected chi connectivity index (χ1v) is 7.79. The molecule has 0 bridgehead atoms. The van der Waals surface area contributed by atoms with E-state index in [1.54, 1.807) is 6.92 Å². The second-order valence-corrected chi connectivity index (χ2v) is 6.12. The minimum atomic E-state index is -0.289. The van der Waals surface area contributed by atoms with E-state index in [2.05, 4.69) is 20.5 Å². The molecule has 6 nitrogen and oxygen atoms in total. The Morgan fingerprint density at radius 3 is 2.41 bits per heavy atom. The van der Waals surface area contributed by atoms with Crippen LogP contribution in [0.2, 0.25) is 0 Å². The Balaban J connectivity index is 2.02. The molecule has 0 spiro atoms. The summed E-state index contributed by atoms with van der Waals surface area (Å²) in [6, 6.07) is 4.05. The lowest BCUT2D eigenvalue weighted by Crippen LogP contribution is -2.18. The van der Waals surface area contributed by atoms with Crippen molar-refractivity contribution in [1.82, 2.24) is 15.2 Å². The molecule has 1 aromatic carbocycles. The zero-order valence-electron chi connectivity index (χ0n) is 13.0. The molecule has 0 atom stereocenters. The van der Waals surface area contributed by atoms with Crippen molar-refractivity contribution < 1.29 is 4.79 Å². The molecule has 116 valence electrons. The van der Waals surface area contributed by atoms with Crippen LogP contribution in [-0.2, 0) is 4.79 Å². The Kier molecular flexibility index (Phi) is 4.97. The average Bonchev–Trinajstić information content (AvgIpc) is 2.44. The van der Waals surface area contributed by atoms with E-state index in [0.29, 0.717) is 10.9 Å². The molecular formula is C15H18N4O2S. The van der Waals surface area contributed by atoms with Crippen LogP contribution in [0.1, 0.15) is 22.4 Å². The molecule has 2 N–H and O–H groups in total. The Morgan fingerprint density at radius 1 is 1.18 bits per heavy atom. The van der Waals surface area contributed by atoms with Crippen LogP contribution in [-0.4, -0.2) is 26.8 Å². The maximum atomic E-state index is 12.1. The number of aryl methyl sites for hydroxylation is 4. The molecule has 0 saturated heterocycles. The van der Waals surface area contributed by atoms with Gasteiger partial charge in [0.1, 0.15) is 5.69 Å². The lowest BCUT2D eigenvalue weighted by atomic mass is 10.1. The first kappa shape index (κ1) is 16.2. The number of rotatable bonds is 4. The molecule has 0 radical (unpaired) electrons. The zero-order valence-corrected chi connectivity index (χ0v) is 13.8. The number of carbonyl (C=O) groups excluding carboxylic acids is 1. The van der Waals surface area contributed by atoms with E-state index >= 15 is 0 Å². The minimum absolute atomic E-state index is 0.150. The number of anilines is 1. The van der Waals surface area contributed by atoms with Gasteiger partial charge in [-0.25, -0.2) is 0 Å². The van der Waals surface area contributed by atoms with Crippen LogP contribution in [0.5, 0.6) is 0 Å². The Bertz CT molecular complexity index is 747. The van der Waals surface area contributed by atoms with Crippen LogP contribution in [0.3, 0.4) is 0 Å². The normalized spacial score (nSPS) is 10.5.